The van der Waals surface area contributed by atoms with Crippen molar-refractivity contribution in [3.05, 3.63) is 53.0 Å². The van der Waals surface area contributed by atoms with Crippen molar-refractivity contribution in [3.8, 4) is 11.4 Å². The van der Waals surface area contributed by atoms with Gasteiger partial charge in [-0.1, -0.05) is 0 Å². The van der Waals surface area contributed by atoms with E-state index in [1.54, 1.807) is 17.5 Å². The summed E-state index contributed by atoms with van der Waals surface area (Å²) in [7, 11) is 0. The van der Waals surface area contributed by atoms with Crippen LogP contribution < -0.4 is 10.2 Å². The number of rotatable bonds is 6. The lowest BCUT2D eigenvalue weighted by atomic mass is 10.2. The number of thiophene rings is 1. The Labute approximate surface area is 156 Å². The summed E-state index contributed by atoms with van der Waals surface area (Å²) in [5.41, 5.74) is 3.09. The van der Waals surface area contributed by atoms with Gasteiger partial charge in [0.25, 0.3) is 0 Å². The van der Waals surface area contributed by atoms with Gasteiger partial charge in [0.2, 0.25) is 11.9 Å². The average molecular weight is 367 g/mol. The summed E-state index contributed by atoms with van der Waals surface area (Å²) in [5, 5.41) is 7.29. The van der Waals surface area contributed by atoms with Crippen LogP contribution in [0.25, 0.3) is 11.4 Å². The van der Waals surface area contributed by atoms with Crippen LogP contribution in [0.5, 0.6) is 0 Å². The molecule has 0 bridgehead atoms. The highest BCUT2D eigenvalue weighted by molar-refractivity contribution is 7.07. The van der Waals surface area contributed by atoms with Crippen LogP contribution in [-0.2, 0) is 11.2 Å². The molecule has 0 spiro atoms. The molecule has 1 aliphatic rings. The van der Waals surface area contributed by atoms with Crippen molar-refractivity contribution in [3.63, 3.8) is 0 Å². The molecule has 4 heterocycles. The maximum absolute atomic E-state index is 12.2. The molecule has 2 N–H and O–H groups in total. The van der Waals surface area contributed by atoms with Gasteiger partial charge >= 0.3 is 0 Å². The second-order valence-electron chi connectivity index (χ2n) is 6.46. The van der Waals surface area contributed by atoms with Gasteiger partial charge in [0.1, 0.15) is 0 Å². The maximum Gasteiger partial charge on any atom is 0.225 e. The minimum atomic E-state index is 0.115. The summed E-state index contributed by atoms with van der Waals surface area (Å²) < 4.78 is 0. The van der Waals surface area contributed by atoms with Gasteiger partial charge in [0.05, 0.1) is 11.4 Å². The first-order valence-electron chi connectivity index (χ1n) is 8.80. The molecule has 0 aromatic carbocycles. The lowest BCUT2D eigenvalue weighted by Crippen LogP contribution is -2.37. The third-order valence-corrected chi connectivity index (χ3v) is 5.31. The molecule has 0 radical (unpaired) electrons. The largest absolute Gasteiger partial charge is 0.360 e. The van der Waals surface area contributed by atoms with Gasteiger partial charge in [0, 0.05) is 37.9 Å². The fourth-order valence-corrected chi connectivity index (χ4v) is 3.90. The second-order valence-corrected chi connectivity index (χ2v) is 7.24. The van der Waals surface area contributed by atoms with E-state index in [4.69, 9.17) is 0 Å². The SMILES string of the molecule is O=C(CCc1ccsc1)NC1CCN(c2nccc(-c3ccc[nH]3)n2)C1. The number of H-pyrrole nitrogens is 1. The molecule has 1 aliphatic heterocycles. The predicted molar refractivity (Wildman–Crippen MR) is 103 cm³/mol. The molecular formula is C19H21N5OS. The lowest BCUT2D eigenvalue weighted by Gasteiger charge is -2.17. The molecule has 26 heavy (non-hydrogen) atoms. The van der Waals surface area contributed by atoms with Gasteiger partial charge in [-0.3, -0.25) is 4.79 Å². The number of nitrogens with zero attached hydrogens (tertiary/aromatic N) is 3. The van der Waals surface area contributed by atoms with Crippen LogP contribution in [-0.4, -0.2) is 40.0 Å². The summed E-state index contributed by atoms with van der Waals surface area (Å²) >= 11 is 1.67. The van der Waals surface area contributed by atoms with Crippen molar-refractivity contribution in [2.75, 3.05) is 18.0 Å². The molecule has 0 saturated carbocycles. The van der Waals surface area contributed by atoms with Crippen LogP contribution in [0.3, 0.4) is 0 Å². The zero-order valence-corrected chi connectivity index (χ0v) is 15.2. The van der Waals surface area contributed by atoms with E-state index in [9.17, 15) is 4.79 Å². The molecule has 6 nitrogen and oxygen atoms in total. The number of nitrogens with one attached hydrogen (secondary N) is 2. The Morgan fingerprint density at radius 3 is 3.15 bits per heavy atom. The van der Waals surface area contributed by atoms with Crippen molar-refractivity contribution in [1.29, 1.82) is 0 Å². The van der Waals surface area contributed by atoms with Crippen molar-refractivity contribution < 1.29 is 4.79 Å². The zero-order chi connectivity index (χ0) is 17.8. The number of amides is 1. The number of aryl methyl sites for hydroxylation is 1. The average Bonchev–Trinajstić information content (AvgIpc) is 3.42. The number of anilines is 1. The molecule has 1 amide bonds. The molecule has 1 fully saturated rings. The minimum Gasteiger partial charge on any atom is -0.360 e. The smallest absolute Gasteiger partial charge is 0.225 e. The monoisotopic (exact) mass is 367 g/mol. The number of aromatic nitrogens is 3. The van der Waals surface area contributed by atoms with Crippen LogP contribution >= 0.6 is 11.3 Å². The van der Waals surface area contributed by atoms with E-state index in [-0.39, 0.29) is 11.9 Å². The van der Waals surface area contributed by atoms with Gasteiger partial charge in [-0.05, 0) is 53.4 Å². The van der Waals surface area contributed by atoms with Gasteiger partial charge in [-0.2, -0.15) is 11.3 Å². The van der Waals surface area contributed by atoms with Crippen LogP contribution in [0.15, 0.2) is 47.4 Å². The molecule has 1 unspecified atom stereocenters. The quantitative estimate of drug-likeness (QED) is 0.703. The number of carbonyl (C=O) groups excluding carboxylic acids is 1. The van der Waals surface area contributed by atoms with Crippen molar-refractivity contribution in [1.82, 2.24) is 20.3 Å². The maximum atomic E-state index is 12.2. The highest BCUT2D eigenvalue weighted by Crippen LogP contribution is 2.20. The Hall–Kier alpha value is -2.67. The summed E-state index contributed by atoms with van der Waals surface area (Å²) in [5.74, 6) is 0.830. The fourth-order valence-electron chi connectivity index (χ4n) is 3.19. The molecule has 3 aromatic rings. The number of hydrogen-bond donors (Lipinski definition) is 2. The highest BCUT2D eigenvalue weighted by Gasteiger charge is 2.25. The minimum absolute atomic E-state index is 0.115. The number of aromatic amines is 1. The van der Waals surface area contributed by atoms with Crippen LogP contribution in [0, 0.1) is 0 Å². The van der Waals surface area contributed by atoms with Gasteiger partial charge < -0.3 is 15.2 Å². The van der Waals surface area contributed by atoms with Crippen molar-refractivity contribution in [2.24, 2.45) is 0 Å². The molecule has 0 aliphatic carbocycles. The summed E-state index contributed by atoms with van der Waals surface area (Å²) in [6.45, 7) is 1.60. The standard InChI is InChI=1S/C19H21N5OS/c25-18(4-3-14-7-11-26-13-14)22-15-6-10-24(12-15)19-21-9-5-17(23-19)16-2-1-8-20-16/h1-2,5,7-9,11,13,15,20H,3-4,6,10,12H2,(H,22,25). The topological polar surface area (TPSA) is 73.9 Å². The molecule has 4 rings (SSSR count). The van der Waals surface area contributed by atoms with E-state index in [0.29, 0.717) is 12.4 Å². The van der Waals surface area contributed by atoms with Crippen LogP contribution in [0.4, 0.5) is 5.95 Å². The molecule has 1 atom stereocenters. The normalized spacial score (nSPS) is 16.8. The molecule has 3 aromatic heterocycles. The number of carbonyl (C=O) groups is 1. The Balaban J connectivity index is 1.32. The summed E-state index contributed by atoms with van der Waals surface area (Å²) in [4.78, 5) is 26.5. The predicted octanol–water partition coefficient (Wildman–Crippen LogP) is 2.86. The number of hydrogen-bond acceptors (Lipinski definition) is 5. The zero-order valence-electron chi connectivity index (χ0n) is 14.4. The first kappa shape index (κ1) is 16.8. The van der Waals surface area contributed by atoms with Gasteiger partial charge in [-0.15, -0.1) is 0 Å². The summed E-state index contributed by atoms with van der Waals surface area (Å²) in [6, 6.07) is 8.07. The van der Waals surface area contributed by atoms with Crippen LogP contribution in [0.1, 0.15) is 18.4 Å². The van der Waals surface area contributed by atoms with E-state index in [1.165, 1.54) is 5.56 Å². The molecule has 1 saturated heterocycles. The Kier molecular flexibility index (Phi) is 4.97. The molecular weight excluding hydrogens is 346 g/mol. The highest BCUT2D eigenvalue weighted by atomic mass is 32.1. The Morgan fingerprint density at radius 2 is 2.35 bits per heavy atom. The Morgan fingerprint density at radius 1 is 1.38 bits per heavy atom. The van der Waals surface area contributed by atoms with E-state index < -0.39 is 0 Å². The fraction of sp³-hybridized carbons (Fsp3) is 0.316. The van der Waals surface area contributed by atoms with Gasteiger partial charge in [-0.25, -0.2) is 9.97 Å². The van der Waals surface area contributed by atoms with Crippen molar-refractivity contribution in [2.45, 2.75) is 25.3 Å². The van der Waals surface area contributed by atoms with Gasteiger partial charge in [0.15, 0.2) is 0 Å². The lowest BCUT2D eigenvalue weighted by molar-refractivity contribution is -0.121. The molecule has 7 heteroatoms. The first-order chi connectivity index (χ1) is 12.8. The first-order valence-corrected chi connectivity index (χ1v) is 9.74. The second kappa shape index (κ2) is 7.70. The summed E-state index contributed by atoms with van der Waals surface area (Å²) in [6.07, 6.45) is 5.92. The van der Waals surface area contributed by atoms with Crippen LogP contribution in [0.2, 0.25) is 0 Å². The third-order valence-electron chi connectivity index (χ3n) is 4.57. The van der Waals surface area contributed by atoms with Crippen molar-refractivity contribution >= 4 is 23.2 Å². The molecule has 134 valence electrons. The van der Waals surface area contributed by atoms with E-state index >= 15 is 0 Å². The van der Waals surface area contributed by atoms with E-state index in [2.05, 4.69) is 36.6 Å². The van der Waals surface area contributed by atoms with E-state index in [0.717, 1.165) is 37.3 Å². The Bertz CT molecular complexity index is 847. The third kappa shape index (κ3) is 3.94. The van der Waals surface area contributed by atoms with E-state index in [1.807, 2.05) is 29.8 Å².